The summed E-state index contributed by atoms with van der Waals surface area (Å²) in [4.78, 5) is 14.4. The number of benzene rings is 1. The van der Waals surface area contributed by atoms with Crippen molar-refractivity contribution in [3.8, 4) is 5.69 Å². The number of hydrogen-bond donors (Lipinski definition) is 1. The molecule has 1 aromatic carbocycles. The first-order valence-electron chi connectivity index (χ1n) is 8.07. The molecule has 5 nitrogen and oxygen atoms in total. The Labute approximate surface area is 155 Å². The molecule has 0 atom stereocenters. The van der Waals surface area contributed by atoms with Gasteiger partial charge in [-0.2, -0.15) is 18.3 Å². The molecule has 0 spiro atoms. The smallest absolute Gasteiger partial charge is 0.339 e. The first-order valence-corrected chi connectivity index (χ1v) is 8.07. The van der Waals surface area contributed by atoms with Crippen molar-refractivity contribution in [3.05, 3.63) is 47.8 Å². The third-order valence-corrected chi connectivity index (χ3v) is 4.41. The maximum atomic E-state index is 12.7. The van der Waals surface area contributed by atoms with E-state index in [9.17, 15) is 18.0 Å². The molecule has 3 rings (SSSR count). The zero-order chi connectivity index (χ0) is 18.0. The van der Waals surface area contributed by atoms with E-state index in [0.717, 1.165) is 36.7 Å². The highest BCUT2D eigenvalue weighted by atomic mass is 35.5. The highest BCUT2D eigenvalue weighted by molar-refractivity contribution is 5.94. The van der Waals surface area contributed by atoms with Crippen molar-refractivity contribution in [2.45, 2.75) is 25.1 Å². The van der Waals surface area contributed by atoms with Crippen LogP contribution in [0, 0.1) is 0 Å². The Morgan fingerprint density at radius 1 is 1.27 bits per heavy atom. The van der Waals surface area contributed by atoms with Gasteiger partial charge in [0.25, 0.3) is 5.91 Å². The fraction of sp³-hybridized carbons (Fsp3) is 0.412. The van der Waals surface area contributed by atoms with Crippen LogP contribution in [0.2, 0.25) is 0 Å². The Bertz CT molecular complexity index is 756. The van der Waals surface area contributed by atoms with Crippen molar-refractivity contribution in [3.63, 3.8) is 0 Å². The molecule has 0 saturated carbocycles. The number of carbonyl (C=O) groups is 1. The maximum Gasteiger partial charge on any atom is 0.435 e. The minimum atomic E-state index is -4.49. The SMILES string of the molecule is CN(C(=O)c1cccc(-n2ccc(C(F)(F)F)n2)c1)C1CCNCC1.Cl. The van der Waals surface area contributed by atoms with Crippen molar-refractivity contribution in [2.24, 2.45) is 0 Å². The van der Waals surface area contributed by atoms with E-state index >= 15 is 0 Å². The van der Waals surface area contributed by atoms with Gasteiger partial charge in [-0.15, -0.1) is 12.4 Å². The number of nitrogens with one attached hydrogen (secondary N) is 1. The fourth-order valence-corrected chi connectivity index (χ4v) is 2.96. The predicted molar refractivity (Wildman–Crippen MR) is 93.8 cm³/mol. The van der Waals surface area contributed by atoms with E-state index in [1.807, 2.05) is 0 Å². The van der Waals surface area contributed by atoms with Crippen LogP contribution >= 0.6 is 12.4 Å². The molecule has 9 heteroatoms. The molecule has 2 heterocycles. The lowest BCUT2D eigenvalue weighted by Gasteiger charge is -2.31. The predicted octanol–water partition coefficient (Wildman–Crippen LogP) is 3.14. The van der Waals surface area contributed by atoms with Gasteiger partial charge in [0.15, 0.2) is 5.69 Å². The van der Waals surface area contributed by atoms with Gasteiger partial charge >= 0.3 is 6.18 Å². The van der Waals surface area contributed by atoms with Gasteiger partial charge in [-0.05, 0) is 50.2 Å². The number of hydrogen-bond acceptors (Lipinski definition) is 3. The van der Waals surface area contributed by atoms with Gasteiger partial charge in [0, 0.05) is 24.8 Å². The Morgan fingerprint density at radius 2 is 1.96 bits per heavy atom. The minimum Gasteiger partial charge on any atom is -0.339 e. The molecule has 26 heavy (non-hydrogen) atoms. The summed E-state index contributed by atoms with van der Waals surface area (Å²) in [5, 5.41) is 6.80. The second kappa shape index (κ2) is 8.09. The lowest BCUT2D eigenvalue weighted by molar-refractivity contribution is -0.141. The van der Waals surface area contributed by atoms with Crippen molar-refractivity contribution in [1.29, 1.82) is 0 Å². The number of carbonyl (C=O) groups excluding carboxylic acids is 1. The van der Waals surface area contributed by atoms with E-state index in [1.54, 1.807) is 36.2 Å². The number of rotatable bonds is 3. The molecule has 0 radical (unpaired) electrons. The van der Waals surface area contributed by atoms with Crippen LogP contribution in [-0.4, -0.2) is 46.8 Å². The monoisotopic (exact) mass is 388 g/mol. The van der Waals surface area contributed by atoms with Crippen LogP contribution in [0.1, 0.15) is 28.9 Å². The van der Waals surface area contributed by atoms with Crippen molar-refractivity contribution in [2.75, 3.05) is 20.1 Å². The van der Waals surface area contributed by atoms with Gasteiger partial charge in [-0.3, -0.25) is 4.79 Å². The zero-order valence-corrected chi connectivity index (χ0v) is 15.0. The van der Waals surface area contributed by atoms with Crippen LogP contribution < -0.4 is 5.32 Å². The number of alkyl halides is 3. The van der Waals surface area contributed by atoms with E-state index in [4.69, 9.17) is 0 Å². The van der Waals surface area contributed by atoms with Gasteiger partial charge in [0.05, 0.1) is 5.69 Å². The molecular formula is C17H20ClF3N4O. The van der Waals surface area contributed by atoms with Crippen LogP contribution in [-0.2, 0) is 6.18 Å². The van der Waals surface area contributed by atoms with Crippen LogP contribution in [0.3, 0.4) is 0 Å². The summed E-state index contributed by atoms with van der Waals surface area (Å²) in [7, 11) is 1.76. The van der Waals surface area contributed by atoms with E-state index in [2.05, 4.69) is 10.4 Å². The second-order valence-electron chi connectivity index (χ2n) is 6.09. The molecule has 0 bridgehead atoms. The summed E-state index contributed by atoms with van der Waals surface area (Å²) in [6.45, 7) is 1.74. The highest BCUT2D eigenvalue weighted by Gasteiger charge is 2.33. The lowest BCUT2D eigenvalue weighted by Crippen LogP contribution is -2.43. The topological polar surface area (TPSA) is 50.2 Å². The molecule has 1 fully saturated rings. The van der Waals surface area contributed by atoms with Gasteiger partial charge in [-0.25, -0.2) is 4.68 Å². The summed E-state index contributed by atoms with van der Waals surface area (Å²) in [6, 6.07) is 7.57. The normalized spacial score (nSPS) is 15.4. The zero-order valence-electron chi connectivity index (χ0n) is 14.2. The van der Waals surface area contributed by atoms with Crippen LogP contribution in [0.5, 0.6) is 0 Å². The standard InChI is InChI=1S/C17H19F3N4O.ClH/c1-23(13-5-8-21-9-6-13)16(25)12-3-2-4-14(11-12)24-10-7-15(22-24)17(18,19)20;/h2-4,7,10-11,13,21H,5-6,8-9H2,1H3;1H. The van der Waals surface area contributed by atoms with Crippen molar-refractivity contribution in [1.82, 2.24) is 20.0 Å². The van der Waals surface area contributed by atoms with Crippen LogP contribution in [0.25, 0.3) is 5.69 Å². The molecule has 2 aromatic rings. The summed E-state index contributed by atoms with van der Waals surface area (Å²) in [5.74, 6) is -0.142. The lowest BCUT2D eigenvalue weighted by atomic mass is 10.0. The Kier molecular flexibility index (Phi) is 6.30. The first-order chi connectivity index (χ1) is 11.9. The number of halogens is 4. The molecule has 1 saturated heterocycles. The average Bonchev–Trinajstić information content (AvgIpc) is 3.12. The van der Waals surface area contributed by atoms with E-state index < -0.39 is 11.9 Å². The third kappa shape index (κ3) is 4.37. The summed E-state index contributed by atoms with van der Waals surface area (Å²) >= 11 is 0. The first kappa shape index (κ1) is 20.3. The highest BCUT2D eigenvalue weighted by Crippen LogP contribution is 2.28. The summed E-state index contributed by atoms with van der Waals surface area (Å²) in [5.41, 5.74) is -0.112. The van der Waals surface area contributed by atoms with E-state index in [-0.39, 0.29) is 24.4 Å². The molecule has 1 aliphatic rings. The second-order valence-corrected chi connectivity index (χ2v) is 6.09. The summed E-state index contributed by atoms with van der Waals surface area (Å²) in [6.07, 6.45) is -1.48. The minimum absolute atomic E-state index is 0. The molecule has 1 amide bonds. The Hall–Kier alpha value is -2.06. The number of amides is 1. The van der Waals surface area contributed by atoms with Crippen molar-refractivity contribution < 1.29 is 18.0 Å². The summed E-state index contributed by atoms with van der Waals surface area (Å²) < 4.78 is 39.2. The maximum absolute atomic E-state index is 12.7. The van der Waals surface area contributed by atoms with Crippen LogP contribution in [0.4, 0.5) is 13.2 Å². The molecule has 1 aromatic heterocycles. The molecule has 1 aliphatic heterocycles. The van der Waals surface area contributed by atoms with Crippen LogP contribution in [0.15, 0.2) is 36.5 Å². The molecule has 0 aliphatic carbocycles. The van der Waals surface area contributed by atoms with E-state index in [0.29, 0.717) is 11.3 Å². The van der Waals surface area contributed by atoms with Gasteiger partial charge < -0.3 is 10.2 Å². The van der Waals surface area contributed by atoms with E-state index in [1.165, 1.54) is 6.20 Å². The van der Waals surface area contributed by atoms with Gasteiger partial charge in [-0.1, -0.05) is 6.07 Å². The molecular weight excluding hydrogens is 369 g/mol. The van der Waals surface area contributed by atoms with Crippen molar-refractivity contribution >= 4 is 18.3 Å². The molecule has 1 N–H and O–H groups in total. The quantitative estimate of drug-likeness (QED) is 0.878. The third-order valence-electron chi connectivity index (χ3n) is 4.41. The fourth-order valence-electron chi connectivity index (χ4n) is 2.96. The number of piperidine rings is 1. The van der Waals surface area contributed by atoms with Gasteiger partial charge in [0.2, 0.25) is 0 Å². The largest absolute Gasteiger partial charge is 0.435 e. The molecule has 142 valence electrons. The number of aromatic nitrogens is 2. The Morgan fingerprint density at radius 3 is 2.58 bits per heavy atom. The number of nitrogens with zero attached hydrogens (tertiary/aromatic N) is 3. The Balaban J connectivity index is 0.00000243. The van der Waals surface area contributed by atoms with Gasteiger partial charge in [0.1, 0.15) is 0 Å². The molecule has 0 unspecified atom stereocenters. The average molecular weight is 389 g/mol.